The lowest BCUT2D eigenvalue weighted by Gasteiger charge is -2.36. The van der Waals surface area contributed by atoms with Crippen molar-refractivity contribution in [3.05, 3.63) is 76.0 Å². The van der Waals surface area contributed by atoms with E-state index in [0.29, 0.717) is 29.9 Å². The van der Waals surface area contributed by atoms with Crippen molar-refractivity contribution >= 4 is 17.3 Å². The number of piperazine rings is 1. The van der Waals surface area contributed by atoms with Crippen LogP contribution in [0.5, 0.6) is 0 Å². The fraction of sp³-hybridized carbons (Fsp3) is 0.238. The number of nitrogens with one attached hydrogen (secondary N) is 1. The van der Waals surface area contributed by atoms with Gasteiger partial charge in [-0.15, -0.1) is 0 Å². The molecule has 0 atom stereocenters. The minimum atomic E-state index is -0.448. The lowest BCUT2D eigenvalue weighted by molar-refractivity contribution is -0.384. The Labute approximate surface area is 167 Å². The summed E-state index contributed by atoms with van der Waals surface area (Å²) >= 11 is 0. The van der Waals surface area contributed by atoms with Gasteiger partial charge in [0.25, 0.3) is 11.6 Å². The van der Waals surface area contributed by atoms with Gasteiger partial charge in [-0.05, 0) is 36.8 Å². The van der Waals surface area contributed by atoms with E-state index >= 15 is 0 Å². The van der Waals surface area contributed by atoms with Crippen molar-refractivity contribution in [3.63, 3.8) is 0 Å². The maximum Gasteiger partial charge on any atom is 0.269 e. The summed E-state index contributed by atoms with van der Waals surface area (Å²) in [5.41, 5.74) is 4.14. The lowest BCUT2D eigenvalue weighted by atomic mass is 10.1. The van der Waals surface area contributed by atoms with Gasteiger partial charge in [-0.3, -0.25) is 20.0 Å². The maximum absolute atomic E-state index is 13.1. The van der Waals surface area contributed by atoms with Gasteiger partial charge in [-0.2, -0.15) is 5.10 Å². The van der Waals surface area contributed by atoms with Crippen molar-refractivity contribution in [1.82, 2.24) is 15.1 Å². The van der Waals surface area contributed by atoms with Crippen LogP contribution in [0.15, 0.2) is 54.7 Å². The number of rotatable bonds is 4. The number of benzene rings is 2. The second-order valence-electron chi connectivity index (χ2n) is 7.08. The average Bonchev–Trinajstić information content (AvgIpc) is 3.23. The monoisotopic (exact) mass is 391 g/mol. The van der Waals surface area contributed by atoms with Crippen molar-refractivity contribution in [1.29, 1.82) is 0 Å². The van der Waals surface area contributed by atoms with Crippen LogP contribution >= 0.6 is 0 Å². The van der Waals surface area contributed by atoms with Crippen molar-refractivity contribution in [2.75, 3.05) is 31.1 Å². The molecule has 1 aromatic heterocycles. The number of nitro groups is 1. The highest BCUT2D eigenvalue weighted by atomic mass is 16.6. The first-order valence-corrected chi connectivity index (χ1v) is 9.42. The molecular formula is C21H21N5O3. The van der Waals surface area contributed by atoms with Gasteiger partial charge in [0.1, 0.15) is 0 Å². The molecule has 148 valence electrons. The molecule has 1 amide bonds. The number of non-ortho nitro benzene ring substituents is 1. The van der Waals surface area contributed by atoms with Crippen LogP contribution in [-0.4, -0.2) is 52.1 Å². The zero-order valence-electron chi connectivity index (χ0n) is 16.0. The number of carbonyl (C=O) groups excluding carboxylic acids is 1. The molecule has 1 fully saturated rings. The van der Waals surface area contributed by atoms with Crippen molar-refractivity contribution in [2.24, 2.45) is 0 Å². The summed E-state index contributed by atoms with van der Waals surface area (Å²) < 4.78 is 0. The molecule has 1 N–H and O–H groups in total. The van der Waals surface area contributed by atoms with Gasteiger partial charge < -0.3 is 9.80 Å². The van der Waals surface area contributed by atoms with Crippen molar-refractivity contribution in [2.45, 2.75) is 6.92 Å². The minimum Gasteiger partial charge on any atom is -0.368 e. The van der Waals surface area contributed by atoms with E-state index in [2.05, 4.69) is 40.2 Å². The normalized spacial score (nSPS) is 14.1. The zero-order chi connectivity index (χ0) is 20.4. The maximum atomic E-state index is 13.1. The van der Waals surface area contributed by atoms with Crippen molar-refractivity contribution in [3.8, 4) is 11.3 Å². The molecule has 29 heavy (non-hydrogen) atoms. The Morgan fingerprint density at radius 1 is 1.10 bits per heavy atom. The zero-order valence-corrected chi connectivity index (χ0v) is 16.0. The smallest absolute Gasteiger partial charge is 0.269 e. The van der Waals surface area contributed by atoms with Gasteiger partial charge in [0.15, 0.2) is 0 Å². The van der Waals surface area contributed by atoms with Crippen LogP contribution in [0, 0.1) is 17.0 Å². The Bertz CT molecular complexity index is 1040. The quantitative estimate of drug-likeness (QED) is 0.544. The molecule has 0 spiro atoms. The number of anilines is 1. The minimum absolute atomic E-state index is 0.00779. The third kappa shape index (κ3) is 3.82. The third-order valence-electron chi connectivity index (χ3n) is 5.17. The Hall–Kier alpha value is -3.68. The fourth-order valence-electron chi connectivity index (χ4n) is 3.58. The first-order valence-electron chi connectivity index (χ1n) is 9.42. The van der Waals surface area contributed by atoms with Crippen LogP contribution in [0.3, 0.4) is 0 Å². The number of nitrogens with zero attached hydrogens (tertiary/aromatic N) is 4. The molecule has 3 aromatic rings. The molecule has 4 rings (SSSR count). The van der Waals surface area contributed by atoms with Crippen LogP contribution in [-0.2, 0) is 0 Å². The van der Waals surface area contributed by atoms with Crippen LogP contribution < -0.4 is 4.90 Å². The number of H-pyrrole nitrogens is 1. The topological polar surface area (TPSA) is 95.4 Å². The number of hydrogen-bond donors (Lipinski definition) is 1. The highest BCUT2D eigenvalue weighted by Crippen LogP contribution is 2.25. The number of carbonyl (C=O) groups is 1. The predicted octanol–water partition coefficient (Wildman–Crippen LogP) is 3.26. The Balaban J connectivity index is 1.47. The highest BCUT2D eigenvalue weighted by Gasteiger charge is 2.25. The number of amides is 1. The van der Waals surface area contributed by atoms with Crippen LogP contribution in [0.4, 0.5) is 11.4 Å². The summed E-state index contributed by atoms with van der Waals surface area (Å²) in [6.45, 7) is 4.84. The molecule has 2 heterocycles. The summed E-state index contributed by atoms with van der Waals surface area (Å²) in [6.07, 6.45) is 1.52. The number of aromatic nitrogens is 2. The first-order chi connectivity index (χ1) is 14.0. The van der Waals surface area contributed by atoms with Gasteiger partial charge in [-0.25, -0.2) is 0 Å². The summed E-state index contributed by atoms with van der Waals surface area (Å²) in [5, 5.41) is 17.7. The van der Waals surface area contributed by atoms with E-state index in [9.17, 15) is 14.9 Å². The SMILES string of the molecule is Cc1cccc(N2CCN(C(=O)c3cn[nH]c3-c3ccc([N+](=O)[O-])cc3)CC2)c1. The van der Waals surface area contributed by atoms with E-state index in [1.165, 1.54) is 29.6 Å². The van der Waals surface area contributed by atoms with Crippen LogP contribution in [0.1, 0.15) is 15.9 Å². The van der Waals surface area contributed by atoms with E-state index in [-0.39, 0.29) is 11.6 Å². The molecule has 0 aliphatic carbocycles. The molecule has 0 saturated carbocycles. The fourth-order valence-corrected chi connectivity index (χ4v) is 3.58. The number of nitro benzene ring substituents is 1. The molecule has 0 radical (unpaired) electrons. The van der Waals surface area contributed by atoms with Crippen LogP contribution in [0.2, 0.25) is 0 Å². The predicted molar refractivity (Wildman–Crippen MR) is 110 cm³/mol. The molecule has 8 nitrogen and oxygen atoms in total. The van der Waals surface area contributed by atoms with E-state index in [4.69, 9.17) is 0 Å². The Morgan fingerprint density at radius 3 is 2.48 bits per heavy atom. The molecule has 1 saturated heterocycles. The van der Waals surface area contributed by atoms with E-state index < -0.39 is 4.92 Å². The summed E-state index contributed by atoms with van der Waals surface area (Å²) in [4.78, 5) is 27.6. The lowest BCUT2D eigenvalue weighted by Crippen LogP contribution is -2.48. The second kappa shape index (κ2) is 7.75. The third-order valence-corrected chi connectivity index (χ3v) is 5.17. The summed E-state index contributed by atoms with van der Waals surface area (Å²) in [7, 11) is 0. The standard InChI is InChI=1S/C21H21N5O3/c1-15-3-2-4-18(13-15)24-9-11-25(12-10-24)21(27)19-14-22-23-20(19)16-5-7-17(8-6-16)26(28)29/h2-8,13-14H,9-12H2,1H3,(H,22,23). The van der Waals surface area contributed by atoms with E-state index in [1.807, 2.05) is 11.0 Å². The summed E-state index contributed by atoms with van der Waals surface area (Å²) in [6, 6.07) is 14.5. The van der Waals surface area contributed by atoms with Gasteiger partial charge in [-0.1, -0.05) is 12.1 Å². The van der Waals surface area contributed by atoms with Gasteiger partial charge >= 0.3 is 0 Å². The molecular weight excluding hydrogens is 370 g/mol. The number of aryl methyl sites for hydroxylation is 1. The Kier molecular flexibility index (Phi) is 4.99. The number of hydrogen-bond acceptors (Lipinski definition) is 5. The van der Waals surface area contributed by atoms with Crippen LogP contribution in [0.25, 0.3) is 11.3 Å². The van der Waals surface area contributed by atoms with Gasteiger partial charge in [0, 0.05) is 49.6 Å². The molecule has 1 aliphatic heterocycles. The average molecular weight is 391 g/mol. The van der Waals surface area contributed by atoms with E-state index in [0.717, 1.165) is 13.1 Å². The van der Waals surface area contributed by atoms with E-state index in [1.54, 1.807) is 12.1 Å². The number of aromatic amines is 1. The first kappa shape index (κ1) is 18.7. The highest BCUT2D eigenvalue weighted by molar-refractivity contribution is 5.99. The largest absolute Gasteiger partial charge is 0.368 e. The summed E-state index contributed by atoms with van der Waals surface area (Å²) in [5.74, 6) is -0.0870. The molecule has 8 heteroatoms. The van der Waals surface area contributed by atoms with Gasteiger partial charge in [0.2, 0.25) is 0 Å². The molecule has 0 unspecified atom stereocenters. The molecule has 1 aliphatic rings. The molecule has 0 bridgehead atoms. The van der Waals surface area contributed by atoms with Gasteiger partial charge in [0.05, 0.1) is 22.4 Å². The van der Waals surface area contributed by atoms with Crippen molar-refractivity contribution < 1.29 is 9.72 Å². The molecule has 2 aromatic carbocycles. The Morgan fingerprint density at radius 2 is 1.83 bits per heavy atom. The second-order valence-corrected chi connectivity index (χ2v) is 7.08.